The molecule has 1 fully saturated rings. The van der Waals surface area contributed by atoms with Gasteiger partial charge in [-0.05, 0) is 37.3 Å². The number of aliphatic hydroxyl groups excluding tert-OH is 1. The highest BCUT2D eigenvalue weighted by Gasteiger charge is 2.30. The first-order valence-electron chi connectivity index (χ1n) is 13.2. The third kappa shape index (κ3) is 5.43. The average Bonchev–Trinajstić information content (AvgIpc) is 3.36. The predicted molar refractivity (Wildman–Crippen MR) is 150 cm³/mol. The van der Waals surface area contributed by atoms with Crippen LogP contribution in [0, 0.1) is 5.92 Å². The van der Waals surface area contributed by atoms with E-state index in [1.165, 1.54) is 6.33 Å². The number of hydrogen-bond donors (Lipinski definition) is 3. The fourth-order valence-electron chi connectivity index (χ4n) is 5.38. The summed E-state index contributed by atoms with van der Waals surface area (Å²) in [4.78, 5) is 22.9. The second kappa shape index (κ2) is 11.4. The van der Waals surface area contributed by atoms with Crippen LogP contribution in [-0.4, -0.2) is 56.9 Å². The summed E-state index contributed by atoms with van der Waals surface area (Å²) in [6, 6.07) is 15.5. The summed E-state index contributed by atoms with van der Waals surface area (Å²) in [5.41, 5.74) is 10.4. The Kier molecular flexibility index (Phi) is 7.76. The number of rotatable bonds is 8. The van der Waals surface area contributed by atoms with Gasteiger partial charge in [0.2, 0.25) is 5.91 Å². The van der Waals surface area contributed by atoms with Gasteiger partial charge in [-0.3, -0.25) is 10.1 Å². The van der Waals surface area contributed by atoms with Crippen LogP contribution in [0.5, 0.6) is 5.75 Å². The average molecular weight is 530 g/mol. The van der Waals surface area contributed by atoms with Crippen LogP contribution < -0.4 is 15.8 Å². The molecule has 0 spiro atoms. The van der Waals surface area contributed by atoms with Gasteiger partial charge in [-0.15, -0.1) is 0 Å². The Labute approximate surface area is 227 Å². The molecule has 1 aliphatic carbocycles. The van der Waals surface area contributed by atoms with Crippen molar-refractivity contribution in [3.8, 4) is 17.0 Å². The molecule has 2 heterocycles. The van der Waals surface area contributed by atoms with Gasteiger partial charge < -0.3 is 20.5 Å². The van der Waals surface area contributed by atoms with Crippen molar-refractivity contribution in [3.63, 3.8) is 0 Å². The molecular weight excluding hydrogens is 494 g/mol. The summed E-state index contributed by atoms with van der Waals surface area (Å²) in [5, 5.41) is 19.5. The number of hydrogen-bond acceptors (Lipinski definition) is 8. The summed E-state index contributed by atoms with van der Waals surface area (Å²) < 4.78 is 7.32. The maximum atomic E-state index is 12.4. The molecule has 4 aromatic rings. The van der Waals surface area contributed by atoms with E-state index < -0.39 is 6.23 Å². The van der Waals surface area contributed by atoms with Gasteiger partial charge >= 0.3 is 0 Å². The highest BCUT2D eigenvalue weighted by Crippen LogP contribution is 2.37. The lowest BCUT2D eigenvalue weighted by atomic mass is 9.85. The van der Waals surface area contributed by atoms with Crippen LogP contribution in [0.15, 0.2) is 54.9 Å². The number of anilines is 1. The number of aromatic nitrogens is 4. The van der Waals surface area contributed by atoms with Gasteiger partial charge in [0, 0.05) is 37.7 Å². The van der Waals surface area contributed by atoms with Crippen molar-refractivity contribution >= 4 is 22.8 Å². The van der Waals surface area contributed by atoms with Crippen molar-refractivity contribution in [2.24, 2.45) is 5.92 Å². The summed E-state index contributed by atoms with van der Waals surface area (Å²) in [7, 11) is 5.21. The van der Waals surface area contributed by atoms with Gasteiger partial charge in [-0.1, -0.05) is 42.5 Å². The molecule has 1 atom stereocenters. The quantitative estimate of drug-likeness (QED) is 0.295. The first-order valence-corrected chi connectivity index (χ1v) is 13.2. The Bertz CT molecular complexity index is 1440. The standard InChI is InChI=1S/C29H35N7O3/c1-35(2)29(38)20-12-14-21(15-13-20)36-27-24(26(30)32-17-33-27)25(34-36)19-10-8-18(9-11-19)16-31-28(37)22-6-4-5-7-23(22)39-3/h4-11,17,20-21,28,31,37H,12-16H2,1-3H3,(H2,30,32,33). The van der Waals surface area contributed by atoms with E-state index >= 15 is 0 Å². The second-order valence-corrected chi connectivity index (χ2v) is 10.2. The highest BCUT2D eigenvalue weighted by atomic mass is 16.5. The molecule has 10 nitrogen and oxygen atoms in total. The first-order chi connectivity index (χ1) is 18.9. The van der Waals surface area contributed by atoms with Crippen molar-refractivity contribution in [1.82, 2.24) is 30.0 Å². The van der Waals surface area contributed by atoms with Crippen LogP contribution in [0.4, 0.5) is 5.82 Å². The lowest BCUT2D eigenvalue weighted by Gasteiger charge is -2.29. The molecule has 0 saturated heterocycles. The molecule has 10 heteroatoms. The third-order valence-electron chi connectivity index (χ3n) is 7.51. The van der Waals surface area contributed by atoms with Crippen LogP contribution in [0.1, 0.15) is 49.1 Å². The van der Waals surface area contributed by atoms with Crippen LogP contribution >= 0.6 is 0 Å². The minimum atomic E-state index is -0.861. The van der Waals surface area contributed by atoms with Crippen molar-refractivity contribution in [1.29, 1.82) is 0 Å². The van der Waals surface area contributed by atoms with E-state index in [9.17, 15) is 9.90 Å². The molecule has 5 rings (SSSR count). The highest BCUT2D eigenvalue weighted by molar-refractivity contribution is 5.98. The van der Waals surface area contributed by atoms with Crippen molar-refractivity contribution in [2.75, 3.05) is 26.9 Å². The van der Waals surface area contributed by atoms with Gasteiger partial charge in [0.25, 0.3) is 0 Å². The number of fused-ring (bicyclic) bond motifs is 1. The molecule has 1 amide bonds. The van der Waals surface area contributed by atoms with Gasteiger partial charge in [0.15, 0.2) is 5.65 Å². The minimum Gasteiger partial charge on any atom is -0.496 e. The van der Waals surface area contributed by atoms with Crippen molar-refractivity contribution in [2.45, 2.75) is 44.5 Å². The fraction of sp³-hybridized carbons (Fsp3) is 0.379. The van der Waals surface area contributed by atoms with Gasteiger partial charge in [-0.25, -0.2) is 14.6 Å². The molecule has 4 N–H and O–H groups in total. The number of ether oxygens (including phenoxy) is 1. The second-order valence-electron chi connectivity index (χ2n) is 10.2. The lowest BCUT2D eigenvalue weighted by molar-refractivity contribution is -0.134. The van der Waals surface area contributed by atoms with Crippen LogP contribution in [0.3, 0.4) is 0 Å². The fourth-order valence-corrected chi connectivity index (χ4v) is 5.38. The summed E-state index contributed by atoms with van der Waals surface area (Å²) in [6.07, 6.45) is 3.96. The van der Waals surface area contributed by atoms with Crippen molar-refractivity contribution in [3.05, 3.63) is 66.0 Å². The molecule has 1 aliphatic rings. The lowest BCUT2D eigenvalue weighted by Crippen LogP contribution is -2.32. The Balaban J connectivity index is 1.34. The maximum Gasteiger partial charge on any atom is 0.225 e. The van der Waals surface area contributed by atoms with E-state index in [0.717, 1.165) is 47.9 Å². The molecule has 2 aromatic heterocycles. The van der Waals surface area contributed by atoms with Gasteiger partial charge in [-0.2, -0.15) is 5.10 Å². The number of nitrogens with zero attached hydrogens (tertiary/aromatic N) is 5. The summed E-state index contributed by atoms with van der Waals surface area (Å²) in [6.45, 7) is 0.467. The Morgan fingerprint density at radius 3 is 2.54 bits per heavy atom. The number of methoxy groups -OCH3 is 1. The Morgan fingerprint density at radius 2 is 1.85 bits per heavy atom. The van der Waals surface area contributed by atoms with E-state index in [2.05, 4.69) is 15.3 Å². The zero-order valence-corrected chi connectivity index (χ0v) is 22.5. The number of amides is 1. The number of para-hydroxylation sites is 1. The number of nitrogens with one attached hydrogen (secondary N) is 1. The molecule has 0 aliphatic heterocycles. The number of carbonyl (C=O) groups is 1. The maximum absolute atomic E-state index is 12.4. The number of carbonyl (C=O) groups excluding carboxylic acids is 1. The number of aliphatic hydroxyl groups is 1. The Morgan fingerprint density at radius 1 is 1.13 bits per heavy atom. The number of nitrogen functional groups attached to an aromatic ring is 1. The molecule has 2 aromatic carbocycles. The number of nitrogens with two attached hydrogens (primary N) is 1. The zero-order chi connectivity index (χ0) is 27.5. The molecule has 1 unspecified atom stereocenters. The van der Waals surface area contributed by atoms with Crippen LogP contribution in [-0.2, 0) is 11.3 Å². The first kappa shape index (κ1) is 26.6. The Hall–Kier alpha value is -4.02. The zero-order valence-electron chi connectivity index (χ0n) is 22.5. The molecule has 1 saturated carbocycles. The smallest absolute Gasteiger partial charge is 0.225 e. The topological polar surface area (TPSA) is 131 Å². The van der Waals surface area contributed by atoms with E-state index in [0.29, 0.717) is 29.3 Å². The predicted octanol–water partition coefficient (Wildman–Crippen LogP) is 3.68. The monoisotopic (exact) mass is 529 g/mol. The van der Waals surface area contributed by atoms with Crippen LogP contribution in [0.25, 0.3) is 22.3 Å². The molecule has 39 heavy (non-hydrogen) atoms. The SMILES string of the molecule is COc1ccccc1C(O)NCc1ccc(-c2nn(C3CCC(C(=O)N(C)C)CC3)c3ncnc(N)c23)cc1. The summed E-state index contributed by atoms with van der Waals surface area (Å²) in [5.74, 6) is 1.27. The molecule has 0 radical (unpaired) electrons. The molecule has 204 valence electrons. The van der Waals surface area contributed by atoms with E-state index in [1.54, 1.807) is 12.0 Å². The summed E-state index contributed by atoms with van der Waals surface area (Å²) >= 11 is 0. The van der Waals surface area contributed by atoms with Crippen molar-refractivity contribution < 1.29 is 14.6 Å². The third-order valence-corrected chi connectivity index (χ3v) is 7.51. The minimum absolute atomic E-state index is 0.0555. The molecular formula is C29H35N7O3. The van der Waals surface area contributed by atoms with E-state index in [-0.39, 0.29) is 17.9 Å². The van der Waals surface area contributed by atoms with E-state index in [4.69, 9.17) is 15.6 Å². The normalized spacial score (nSPS) is 18.2. The van der Waals surface area contributed by atoms with Gasteiger partial charge in [0.1, 0.15) is 29.8 Å². The number of benzene rings is 2. The van der Waals surface area contributed by atoms with Gasteiger partial charge in [0.05, 0.1) is 18.5 Å². The van der Waals surface area contributed by atoms with E-state index in [1.807, 2.05) is 67.3 Å². The van der Waals surface area contributed by atoms with Crippen LogP contribution in [0.2, 0.25) is 0 Å². The molecule has 0 bridgehead atoms. The largest absolute Gasteiger partial charge is 0.496 e.